The maximum Gasteiger partial charge on any atom is 0.0334 e. The summed E-state index contributed by atoms with van der Waals surface area (Å²) >= 11 is 0. The molecule has 0 amide bonds. The largest absolute Gasteiger partial charge is 0.329 e. The fourth-order valence-corrected chi connectivity index (χ4v) is 3.87. The van der Waals surface area contributed by atoms with Crippen molar-refractivity contribution in [3.63, 3.8) is 0 Å². The van der Waals surface area contributed by atoms with Gasteiger partial charge in [0.2, 0.25) is 0 Å². The molecule has 0 aromatic rings. The first-order valence-electron chi connectivity index (χ1n) is 7.43. The SMILES string of the molecule is CC1CCC(CN)(N2CCCC(C)(C)CC2)C1. The van der Waals surface area contributed by atoms with Crippen molar-refractivity contribution >= 4 is 0 Å². The molecule has 1 saturated carbocycles. The lowest BCUT2D eigenvalue weighted by molar-refractivity contribution is 0.0962. The van der Waals surface area contributed by atoms with Crippen LogP contribution in [0.3, 0.4) is 0 Å². The Kier molecular flexibility index (Phi) is 3.84. The van der Waals surface area contributed by atoms with Gasteiger partial charge in [-0.05, 0) is 62.9 Å². The molecule has 0 spiro atoms. The van der Waals surface area contributed by atoms with Gasteiger partial charge in [-0.15, -0.1) is 0 Å². The fraction of sp³-hybridized carbons (Fsp3) is 1.00. The summed E-state index contributed by atoms with van der Waals surface area (Å²) in [4.78, 5) is 2.74. The molecule has 2 N–H and O–H groups in total. The quantitative estimate of drug-likeness (QED) is 0.801. The van der Waals surface area contributed by atoms with E-state index in [0.29, 0.717) is 11.0 Å². The van der Waals surface area contributed by atoms with Crippen LogP contribution in [0.15, 0.2) is 0 Å². The third-order valence-electron chi connectivity index (χ3n) is 5.22. The predicted molar refractivity (Wildman–Crippen MR) is 74.0 cm³/mol. The Labute approximate surface area is 107 Å². The number of likely N-dealkylation sites (tertiary alicyclic amines) is 1. The molecule has 1 aliphatic carbocycles. The summed E-state index contributed by atoms with van der Waals surface area (Å²) in [7, 11) is 0. The highest BCUT2D eigenvalue weighted by Crippen LogP contribution is 2.41. The second-order valence-corrected chi connectivity index (χ2v) is 7.28. The van der Waals surface area contributed by atoms with Gasteiger partial charge >= 0.3 is 0 Å². The molecule has 2 fully saturated rings. The van der Waals surface area contributed by atoms with E-state index in [1.807, 2.05) is 0 Å². The fourth-order valence-electron chi connectivity index (χ4n) is 3.87. The highest BCUT2D eigenvalue weighted by Gasteiger charge is 2.42. The van der Waals surface area contributed by atoms with Crippen LogP contribution in [0.2, 0.25) is 0 Å². The second kappa shape index (κ2) is 4.89. The third kappa shape index (κ3) is 2.85. The molecular weight excluding hydrogens is 208 g/mol. The predicted octanol–water partition coefficient (Wildman–Crippen LogP) is 3.02. The van der Waals surface area contributed by atoms with E-state index >= 15 is 0 Å². The standard InChI is InChI=1S/C15H30N2/c1-13-5-7-15(11-13,12-16)17-9-4-6-14(2,3)8-10-17/h13H,4-12,16H2,1-3H3. The Bertz CT molecular complexity index is 262. The average Bonchev–Trinajstić information content (AvgIpc) is 2.56. The molecule has 2 unspecified atom stereocenters. The topological polar surface area (TPSA) is 29.3 Å². The number of hydrogen-bond donors (Lipinski definition) is 1. The van der Waals surface area contributed by atoms with Crippen molar-refractivity contribution < 1.29 is 0 Å². The number of rotatable bonds is 2. The van der Waals surface area contributed by atoms with E-state index in [4.69, 9.17) is 5.73 Å². The minimum Gasteiger partial charge on any atom is -0.329 e. The Hall–Kier alpha value is -0.0800. The van der Waals surface area contributed by atoms with Crippen LogP contribution in [0.5, 0.6) is 0 Å². The molecule has 2 atom stereocenters. The third-order valence-corrected chi connectivity index (χ3v) is 5.22. The van der Waals surface area contributed by atoms with Crippen molar-refractivity contribution in [2.45, 2.75) is 64.8 Å². The lowest BCUT2D eigenvalue weighted by atomic mass is 9.85. The summed E-state index contributed by atoms with van der Waals surface area (Å²) in [5.74, 6) is 0.870. The molecule has 2 nitrogen and oxygen atoms in total. The zero-order valence-electron chi connectivity index (χ0n) is 12.0. The molecule has 2 aliphatic rings. The molecule has 2 heteroatoms. The van der Waals surface area contributed by atoms with Crippen LogP contribution in [0.1, 0.15) is 59.3 Å². The van der Waals surface area contributed by atoms with Crippen molar-refractivity contribution in [3.8, 4) is 0 Å². The van der Waals surface area contributed by atoms with Gasteiger partial charge in [-0.3, -0.25) is 4.90 Å². The first-order valence-corrected chi connectivity index (χ1v) is 7.43. The summed E-state index contributed by atoms with van der Waals surface area (Å²) in [5.41, 5.74) is 7.02. The maximum absolute atomic E-state index is 6.14. The molecule has 2 rings (SSSR count). The summed E-state index contributed by atoms with van der Waals surface area (Å²) < 4.78 is 0. The molecule has 0 aromatic heterocycles. The molecule has 100 valence electrons. The van der Waals surface area contributed by atoms with Crippen molar-refractivity contribution in [3.05, 3.63) is 0 Å². The summed E-state index contributed by atoms with van der Waals surface area (Å²) in [6.07, 6.45) is 8.08. The Morgan fingerprint density at radius 3 is 2.53 bits per heavy atom. The molecule has 1 saturated heterocycles. The van der Waals surface area contributed by atoms with Gasteiger partial charge in [0.05, 0.1) is 0 Å². The highest BCUT2D eigenvalue weighted by atomic mass is 15.2. The van der Waals surface area contributed by atoms with E-state index in [1.54, 1.807) is 0 Å². The van der Waals surface area contributed by atoms with Gasteiger partial charge in [0.15, 0.2) is 0 Å². The van der Waals surface area contributed by atoms with Crippen LogP contribution in [0.4, 0.5) is 0 Å². The summed E-state index contributed by atoms with van der Waals surface area (Å²) in [5, 5.41) is 0. The van der Waals surface area contributed by atoms with Gasteiger partial charge in [-0.1, -0.05) is 20.8 Å². The maximum atomic E-state index is 6.14. The minimum absolute atomic E-state index is 0.347. The minimum atomic E-state index is 0.347. The molecule has 1 heterocycles. The van der Waals surface area contributed by atoms with Crippen LogP contribution in [-0.4, -0.2) is 30.1 Å². The van der Waals surface area contributed by atoms with Crippen LogP contribution in [0, 0.1) is 11.3 Å². The van der Waals surface area contributed by atoms with Crippen molar-refractivity contribution in [1.82, 2.24) is 4.90 Å². The van der Waals surface area contributed by atoms with E-state index in [-0.39, 0.29) is 0 Å². The van der Waals surface area contributed by atoms with Crippen LogP contribution >= 0.6 is 0 Å². The first-order chi connectivity index (χ1) is 7.97. The number of nitrogens with zero attached hydrogens (tertiary/aromatic N) is 1. The Morgan fingerprint density at radius 1 is 1.18 bits per heavy atom. The monoisotopic (exact) mass is 238 g/mol. The molecule has 0 radical (unpaired) electrons. The van der Waals surface area contributed by atoms with E-state index in [9.17, 15) is 0 Å². The highest BCUT2D eigenvalue weighted by molar-refractivity contribution is 4.99. The Balaban J connectivity index is 2.05. The normalized spacial score (nSPS) is 39.2. The van der Waals surface area contributed by atoms with Crippen molar-refractivity contribution in [2.75, 3.05) is 19.6 Å². The van der Waals surface area contributed by atoms with Crippen molar-refractivity contribution in [1.29, 1.82) is 0 Å². The van der Waals surface area contributed by atoms with Crippen LogP contribution < -0.4 is 5.73 Å². The molecule has 0 bridgehead atoms. The van der Waals surface area contributed by atoms with Gasteiger partial charge in [0.1, 0.15) is 0 Å². The van der Waals surface area contributed by atoms with E-state index < -0.39 is 0 Å². The van der Waals surface area contributed by atoms with Crippen LogP contribution in [-0.2, 0) is 0 Å². The van der Waals surface area contributed by atoms with E-state index in [2.05, 4.69) is 25.7 Å². The summed E-state index contributed by atoms with van der Waals surface area (Å²) in [6, 6.07) is 0. The molecule has 1 aliphatic heterocycles. The van der Waals surface area contributed by atoms with Crippen LogP contribution in [0.25, 0.3) is 0 Å². The van der Waals surface area contributed by atoms with Gasteiger partial charge in [0, 0.05) is 12.1 Å². The lowest BCUT2D eigenvalue weighted by Gasteiger charge is -2.40. The van der Waals surface area contributed by atoms with E-state index in [1.165, 1.54) is 51.6 Å². The van der Waals surface area contributed by atoms with Crippen molar-refractivity contribution in [2.24, 2.45) is 17.1 Å². The van der Waals surface area contributed by atoms with Gasteiger partial charge in [0.25, 0.3) is 0 Å². The lowest BCUT2D eigenvalue weighted by Crippen LogP contribution is -2.52. The molecule has 17 heavy (non-hydrogen) atoms. The number of nitrogens with two attached hydrogens (primary N) is 1. The summed E-state index contributed by atoms with van der Waals surface area (Å²) in [6.45, 7) is 10.6. The molecule has 0 aromatic carbocycles. The number of hydrogen-bond acceptors (Lipinski definition) is 2. The zero-order chi connectivity index (χ0) is 12.5. The smallest absolute Gasteiger partial charge is 0.0334 e. The van der Waals surface area contributed by atoms with Gasteiger partial charge in [-0.25, -0.2) is 0 Å². The average molecular weight is 238 g/mol. The first kappa shape index (κ1) is 13.4. The Morgan fingerprint density at radius 2 is 1.94 bits per heavy atom. The molecular formula is C15H30N2. The zero-order valence-corrected chi connectivity index (χ0v) is 12.0. The second-order valence-electron chi connectivity index (χ2n) is 7.28. The van der Waals surface area contributed by atoms with E-state index in [0.717, 1.165) is 12.5 Å². The van der Waals surface area contributed by atoms with Gasteiger partial charge < -0.3 is 5.73 Å². The van der Waals surface area contributed by atoms with Gasteiger partial charge in [-0.2, -0.15) is 0 Å².